The van der Waals surface area contributed by atoms with Crippen LogP contribution in [0.25, 0.3) is 10.8 Å². The molecule has 1 aromatic carbocycles. The van der Waals surface area contributed by atoms with Gasteiger partial charge in [-0.05, 0) is 17.9 Å². The Morgan fingerprint density at radius 1 is 0.640 bits per heavy atom. The molecule has 0 radical (unpaired) electrons. The summed E-state index contributed by atoms with van der Waals surface area (Å²) in [6.45, 7) is 3.45. The van der Waals surface area contributed by atoms with E-state index in [4.69, 9.17) is 0 Å². The lowest BCUT2D eigenvalue weighted by Crippen LogP contribution is -3.00. The molecule has 2 heteroatoms. The molecule has 0 saturated carbocycles. The van der Waals surface area contributed by atoms with Crippen molar-refractivity contribution in [3.05, 3.63) is 42.7 Å². The molecule has 0 fully saturated rings. The van der Waals surface area contributed by atoms with Gasteiger partial charge in [0.2, 0.25) is 0 Å². The minimum absolute atomic E-state index is 0. The number of hydrogen-bond acceptors (Lipinski definition) is 0. The minimum atomic E-state index is 0. The summed E-state index contributed by atoms with van der Waals surface area (Å²) in [6, 6.07) is 10.8. The molecule has 2 rings (SSSR count). The van der Waals surface area contributed by atoms with Crippen molar-refractivity contribution in [3.63, 3.8) is 0 Å². The SMILES string of the molecule is CCCCCCCCCCCCCC[n+]1ccc2ccccc2c1.[Br-]. The number of aromatic nitrogens is 1. The number of rotatable bonds is 13. The van der Waals surface area contributed by atoms with Gasteiger partial charge in [0, 0.05) is 17.9 Å². The Labute approximate surface area is 165 Å². The van der Waals surface area contributed by atoms with Crippen LogP contribution in [0.3, 0.4) is 0 Å². The maximum Gasteiger partial charge on any atom is 0.176 e. The zero-order valence-corrected chi connectivity index (χ0v) is 17.6. The highest BCUT2D eigenvalue weighted by atomic mass is 79.9. The van der Waals surface area contributed by atoms with Gasteiger partial charge < -0.3 is 17.0 Å². The molecule has 0 aliphatic heterocycles. The molecule has 0 atom stereocenters. The maximum absolute atomic E-state index is 2.35. The Morgan fingerprint density at radius 2 is 1.16 bits per heavy atom. The lowest BCUT2D eigenvalue weighted by molar-refractivity contribution is -0.696. The number of nitrogens with zero attached hydrogens (tertiary/aromatic N) is 1. The molecule has 140 valence electrons. The van der Waals surface area contributed by atoms with E-state index in [-0.39, 0.29) is 17.0 Å². The van der Waals surface area contributed by atoms with Gasteiger partial charge in [-0.15, -0.1) is 0 Å². The van der Waals surface area contributed by atoms with Gasteiger partial charge in [-0.2, -0.15) is 0 Å². The first-order valence-electron chi connectivity index (χ1n) is 10.3. The molecule has 25 heavy (non-hydrogen) atoms. The summed E-state index contributed by atoms with van der Waals surface area (Å²) in [6.07, 6.45) is 21.5. The molecule has 0 spiro atoms. The Bertz CT molecular complexity index is 567. The zero-order chi connectivity index (χ0) is 16.9. The van der Waals surface area contributed by atoms with Crippen LogP contribution in [0.15, 0.2) is 42.7 Å². The Morgan fingerprint density at radius 3 is 1.76 bits per heavy atom. The van der Waals surface area contributed by atoms with Crippen LogP contribution in [0.5, 0.6) is 0 Å². The van der Waals surface area contributed by atoms with Gasteiger partial charge in [-0.25, -0.2) is 4.57 Å². The molecule has 0 aliphatic carbocycles. The van der Waals surface area contributed by atoms with Crippen molar-refractivity contribution in [2.75, 3.05) is 0 Å². The Balaban J connectivity index is 0.00000312. The fourth-order valence-electron chi connectivity index (χ4n) is 3.45. The third-order valence-corrected chi connectivity index (χ3v) is 5.02. The van der Waals surface area contributed by atoms with Crippen molar-refractivity contribution in [1.82, 2.24) is 0 Å². The summed E-state index contributed by atoms with van der Waals surface area (Å²) in [5.41, 5.74) is 0. The third kappa shape index (κ3) is 9.39. The van der Waals surface area contributed by atoms with E-state index in [0.717, 1.165) is 6.54 Å². The van der Waals surface area contributed by atoms with Crippen molar-refractivity contribution in [1.29, 1.82) is 0 Å². The maximum atomic E-state index is 2.35. The van der Waals surface area contributed by atoms with Gasteiger partial charge in [0.1, 0.15) is 6.54 Å². The summed E-state index contributed by atoms with van der Waals surface area (Å²) >= 11 is 0. The molecule has 1 aromatic heterocycles. The minimum Gasteiger partial charge on any atom is -1.00 e. The van der Waals surface area contributed by atoms with Crippen molar-refractivity contribution in [2.45, 2.75) is 90.5 Å². The number of aryl methyl sites for hydroxylation is 1. The fraction of sp³-hybridized carbons (Fsp3) is 0.609. The first kappa shape index (κ1) is 22.2. The molecule has 0 aliphatic rings. The van der Waals surface area contributed by atoms with Crippen molar-refractivity contribution in [3.8, 4) is 0 Å². The Hall–Kier alpha value is -0.890. The number of hydrogen-bond donors (Lipinski definition) is 0. The predicted molar refractivity (Wildman–Crippen MR) is 105 cm³/mol. The van der Waals surface area contributed by atoms with Crippen LogP contribution < -0.4 is 21.5 Å². The summed E-state index contributed by atoms with van der Waals surface area (Å²) in [4.78, 5) is 0. The van der Waals surface area contributed by atoms with Gasteiger partial charge in [0.25, 0.3) is 0 Å². The van der Waals surface area contributed by atoms with E-state index in [1.54, 1.807) is 0 Å². The number of halogens is 1. The zero-order valence-electron chi connectivity index (χ0n) is 16.1. The van der Waals surface area contributed by atoms with Crippen LogP contribution in [-0.4, -0.2) is 0 Å². The number of unbranched alkanes of at least 4 members (excludes halogenated alkanes) is 11. The normalized spacial score (nSPS) is 10.8. The summed E-state index contributed by atoms with van der Waals surface area (Å²) in [5, 5.41) is 2.68. The summed E-state index contributed by atoms with van der Waals surface area (Å²) in [5.74, 6) is 0. The molecule has 0 amide bonds. The average Bonchev–Trinajstić information content (AvgIpc) is 2.62. The molecular formula is C23H36BrN. The van der Waals surface area contributed by atoms with Crippen LogP contribution in [-0.2, 0) is 6.54 Å². The molecule has 0 saturated heterocycles. The van der Waals surface area contributed by atoms with Gasteiger partial charge in [0.05, 0.1) is 0 Å². The molecule has 0 unspecified atom stereocenters. The predicted octanol–water partition coefficient (Wildman–Crippen LogP) is 3.83. The molecular weight excluding hydrogens is 370 g/mol. The Kier molecular flexibility index (Phi) is 12.7. The van der Waals surface area contributed by atoms with E-state index < -0.39 is 0 Å². The number of benzene rings is 1. The lowest BCUT2D eigenvalue weighted by Gasteiger charge is -2.02. The van der Waals surface area contributed by atoms with E-state index in [2.05, 4.69) is 54.2 Å². The second-order valence-corrected chi connectivity index (χ2v) is 7.20. The van der Waals surface area contributed by atoms with E-state index in [0.29, 0.717) is 0 Å². The summed E-state index contributed by atoms with van der Waals surface area (Å²) < 4.78 is 2.35. The van der Waals surface area contributed by atoms with Crippen LogP contribution in [0.2, 0.25) is 0 Å². The molecule has 1 heterocycles. The largest absolute Gasteiger partial charge is 1.00 e. The van der Waals surface area contributed by atoms with Crippen LogP contribution in [0.1, 0.15) is 84.0 Å². The van der Waals surface area contributed by atoms with E-state index in [1.807, 2.05) is 0 Å². The topological polar surface area (TPSA) is 3.88 Å². The fourth-order valence-corrected chi connectivity index (χ4v) is 3.45. The third-order valence-electron chi connectivity index (χ3n) is 5.02. The van der Waals surface area contributed by atoms with Crippen LogP contribution >= 0.6 is 0 Å². The highest BCUT2D eigenvalue weighted by Crippen LogP contribution is 2.12. The first-order valence-corrected chi connectivity index (χ1v) is 10.3. The highest BCUT2D eigenvalue weighted by Gasteiger charge is 2.02. The summed E-state index contributed by atoms with van der Waals surface area (Å²) in [7, 11) is 0. The van der Waals surface area contributed by atoms with Gasteiger partial charge in [-0.3, -0.25) is 0 Å². The lowest BCUT2D eigenvalue weighted by atomic mass is 10.1. The van der Waals surface area contributed by atoms with Crippen LogP contribution in [0, 0.1) is 0 Å². The average molecular weight is 406 g/mol. The van der Waals surface area contributed by atoms with Gasteiger partial charge in [-0.1, -0.05) is 89.3 Å². The molecule has 2 aromatic rings. The standard InChI is InChI=1S/C23H36N.BrH/c1-2-3-4-5-6-7-8-9-10-11-12-15-19-24-20-18-22-16-13-14-17-23(22)21-24;/h13-14,16-18,20-21H,2-12,15,19H2,1H3;1H/q+1;/p-1. The van der Waals surface area contributed by atoms with Gasteiger partial charge >= 0.3 is 0 Å². The molecule has 0 bridgehead atoms. The van der Waals surface area contributed by atoms with E-state index >= 15 is 0 Å². The number of fused-ring (bicyclic) bond motifs is 1. The van der Waals surface area contributed by atoms with E-state index in [1.165, 1.54) is 87.8 Å². The molecule has 0 N–H and O–H groups in total. The van der Waals surface area contributed by atoms with E-state index in [9.17, 15) is 0 Å². The van der Waals surface area contributed by atoms with Crippen molar-refractivity contribution < 1.29 is 21.5 Å². The quantitative estimate of drug-likeness (QED) is 0.352. The van der Waals surface area contributed by atoms with Crippen molar-refractivity contribution in [2.24, 2.45) is 0 Å². The second-order valence-electron chi connectivity index (χ2n) is 7.20. The highest BCUT2D eigenvalue weighted by molar-refractivity contribution is 5.80. The number of pyridine rings is 1. The monoisotopic (exact) mass is 405 g/mol. The molecule has 1 nitrogen and oxygen atoms in total. The smallest absolute Gasteiger partial charge is 0.176 e. The van der Waals surface area contributed by atoms with Gasteiger partial charge in [0.15, 0.2) is 12.4 Å². The second kappa shape index (κ2) is 14.3. The van der Waals surface area contributed by atoms with Crippen molar-refractivity contribution >= 4 is 10.8 Å². The van der Waals surface area contributed by atoms with Crippen LogP contribution in [0.4, 0.5) is 0 Å². The first-order chi connectivity index (χ1) is 11.9.